The van der Waals surface area contributed by atoms with Crippen LogP contribution in [0.1, 0.15) is 50.6 Å². The average Bonchev–Trinajstić information content (AvgIpc) is 3.23. The quantitative estimate of drug-likeness (QED) is 0.355. The summed E-state index contributed by atoms with van der Waals surface area (Å²) in [6, 6.07) is 1.11. The van der Waals surface area contributed by atoms with Gasteiger partial charge in [0.05, 0.1) is 12.4 Å². The highest BCUT2D eigenvalue weighted by Gasteiger charge is 2.26. The number of sulfonamides is 1. The molecule has 3 N–H and O–H groups in total. The van der Waals surface area contributed by atoms with E-state index in [1.807, 2.05) is 6.07 Å². The lowest BCUT2D eigenvalue weighted by molar-refractivity contribution is -0.118. The Balaban J connectivity index is 1.34. The smallest absolute Gasteiger partial charge is 0.324 e. The maximum absolute atomic E-state index is 12.3. The molecule has 0 spiro atoms. The van der Waals surface area contributed by atoms with Crippen molar-refractivity contribution in [3.8, 4) is 5.88 Å². The third-order valence-electron chi connectivity index (χ3n) is 4.92. The molecule has 1 aliphatic heterocycles. The predicted molar refractivity (Wildman–Crippen MR) is 103 cm³/mol. The van der Waals surface area contributed by atoms with E-state index in [1.54, 1.807) is 13.1 Å². The monoisotopic (exact) mass is 412 g/mol. The van der Waals surface area contributed by atoms with Gasteiger partial charge in [-0.05, 0) is 44.1 Å². The molecule has 1 unspecified atom stereocenters. The minimum absolute atomic E-state index is 0.0257. The van der Waals surface area contributed by atoms with Gasteiger partial charge in [0.1, 0.15) is 6.54 Å². The summed E-state index contributed by atoms with van der Waals surface area (Å²) in [7, 11) is -3.41. The molecule has 1 saturated heterocycles. The molecule has 28 heavy (non-hydrogen) atoms. The summed E-state index contributed by atoms with van der Waals surface area (Å²) >= 11 is 0. The number of hydrogen-bond acceptors (Lipinski definition) is 5. The molecule has 0 aromatic carbocycles. The average molecular weight is 413 g/mol. The highest BCUT2D eigenvalue weighted by molar-refractivity contribution is 7.89. The van der Waals surface area contributed by atoms with E-state index in [9.17, 15) is 18.0 Å². The molecule has 3 rings (SSSR count). The molecule has 0 radical (unpaired) electrons. The van der Waals surface area contributed by atoms with E-state index in [0.717, 1.165) is 5.56 Å². The standard InChI is InChI=1S/C18H28N4O5S/c1-13(15-9-17(19-10-15)27-12-14-5-6-14)21-28(25,26)8-4-2-3-7-22-11-16(23)20-18(22)24/h9-10,13-14,19,21H,2-8,11-12H2,1H3,(H,20,23,24). The fraction of sp³-hybridized carbons (Fsp3) is 0.667. The van der Waals surface area contributed by atoms with Crippen molar-refractivity contribution in [2.24, 2.45) is 5.92 Å². The number of H-pyrrole nitrogens is 1. The number of urea groups is 1. The van der Waals surface area contributed by atoms with Crippen molar-refractivity contribution < 1.29 is 22.7 Å². The molecule has 9 nitrogen and oxygen atoms in total. The maximum Gasteiger partial charge on any atom is 0.324 e. The first-order valence-corrected chi connectivity index (χ1v) is 11.4. The van der Waals surface area contributed by atoms with Gasteiger partial charge in [0.2, 0.25) is 15.9 Å². The lowest BCUT2D eigenvalue weighted by Gasteiger charge is -2.14. The summed E-state index contributed by atoms with van der Waals surface area (Å²) in [6.07, 6.45) is 6.01. The maximum atomic E-state index is 12.3. The molecule has 1 aromatic heterocycles. The number of rotatable bonds is 12. The van der Waals surface area contributed by atoms with Crippen LogP contribution in [0.2, 0.25) is 0 Å². The van der Waals surface area contributed by atoms with Crippen LogP contribution in [0.25, 0.3) is 0 Å². The molecule has 156 valence electrons. The minimum Gasteiger partial charge on any atom is -0.479 e. The van der Waals surface area contributed by atoms with E-state index in [1.165, 1.54) is 17.7 Å². The van der Waals surface area contributed by atoms with Gasteiger partial charge in [-0.2, -0.15) is 0 Å². The van der Waals surface area contributed by atoms with Crippen LogP contribution < -0.4 is 14.8 Å². The number of carbonyl (C=O) groups is 2. The van der Waals surface area contributed by atoms with Crippen LogP contribution >= 0.6 is 0 Å². The van der Waals surface area contributed by atoms with Crippen LogP contribution in [0.5, 0.6) is 5.88 Å². The molecular formula is C18H28N4O5S. The van der Waals surface area contributed by atoms with Crippen LogP contribution in [-0.2, 0) is 14.8 Å². The summed E-state index contributed by atoms with van der Waals surface area (Å²) in [5.41, 5.74) is 0.832. The molecule has 0 bridgehead atoms. The third kappa shape index (κ3) is 6.23. The van der Waals surface area contributed by atoms with Gasteiger partial charge in [0.25, 0.3) is 0 Å². The molecule has 1 aliphatic carbocycles. The van der Waals surface area contributed by atoms with E-state index in [0.29, 0.717) is 44.2 Å². The van der Waals surface area contributed by atoms with E-state index < -0.39 is 10.0 Å². The Hall–Kier alpha value is -2.07. The van der Waals surface area contributed by atoms with Gasteiger partial charge in [-0.15, -0.1) is 0 Å². The number of nitrogens with one attached hydrogen (secondary N) is 3. The normalized spacial score (nSPS) is 18.4. The van der Waals surface area contributed by atoms with Crippen molar-refractivity contribution in [3.05, 3.63) is 17.8 Å². The number of carbonyl (C=O) groups excluding carboxylic acids is 2. The van der Waals surface area contributed by atoms with Crippen LogP contribution in [0, 0.1) is 5.92 Å². The Morgan fingerprint density at radius 1 is 1.29 bits per heavy atom. The predicted octanol–water partition coefficient (Wildman–Crippen LogP) is 1.51. The van der Waals surface area contributed by atoms with Gasteiger partial charge >= 0.3 is 6.03 Å². The number of ether oxygens (including phenoxy) is 1. The van der Waals surface area contributed by atoms with Gasteiger partial charge in [0.15, 0.2) is 5.88 Å². The molecule has 1 saturated carbocycles. The molecule has 1 aromatic rings. The van der Waals surface area contributed by atoms with Gasteiger partial charge in [-0.1, -0.05) is 6.42 Å². The van der Waals surface area contributed by atoms with Crippen LogP contribution in [-0.4, -0.2) is 55.7 Å². The SMILES string of the molecule is CC(NS(=O)(=O)CCCCCN1CC(=O)NC1=O)c1c[nH]c(OCC2CC2)c1. The Bertz CT molecular complexity index is 803. The van der Waals surface area contributed by atoms with E-state index >= 15 is 0 Å². The van der Waals surface area contributed by atoms with Crippen molar-refractivity contribution in [1.82, 2.24) is 19.9 Å². The molecular weight excluding hydrogens is 384 g/mol. The first-order chi connectivity index (χ1) is 13.3. The Kier molecular flexibility index (Phi) is 6.61. The van der Waals surface area contributed by atoms with Crippen molar-refractivity contribution >= 4 is 22.0 Å². The topological polar surface area (TPSA) is 121 Å². The highest BCUT2D eigenvalue weighted by atomic mass is 32.2. The van der Waals surface area contributed by atoms with E-state index in [4.69, 9.17) is 4.74 Å². The van der Waals surface area contributed by atoms with Crippen molar-refractivity contribution in [1.29, 1.82) is 0 Å². The van der Waals surface area contributed by atoms with Crippen LogP contribution in [0.4, 0.5) is 4.79 Å². The Labute approximate surface area is 165 Å². The van der Waals surface area contributed by atoms with Gasteiger partial charge in [-0.3, -0.25) is 10.1 Å². The summed E-state index contributed by atoms with van der Waals surface area (Å²) in [4.78, 5) is 27.0. The zero-order chi connectivity index (χ0) is 20.1. The fourth-order valence-electron chi connectivity index (χ4n) is 3.05. The summed E-state index contributed by atoms with van der Waals surface area (Å²) in [6.45, 7) is 3.04. The van der Waals surface area contributed by atoms with Crippen molar-refractivity contribution in [2.75, 3.05) is 25.4 Å². The zero-order valence-electron chi connectivity index (χ0n) is 16.1. The number of aromatic nitrogens is 1. The number of nitrogens with zero attached hydrogens (tertiary/aromatic N) is 1. The lowest BCUT2D eigenvalue weighted by Crippen LogP contribution is -2.30. The van der Waals surface area contributed by atoms with Gasteiger partial charge < -0.3 is 14.6 Å². The summed E-state index contributed by atoms with van der Waals surface area (Å²) < 4.78 is 32.9. The van der Waals surface area contributed by atoms with Gasteiger partial charge in [-0.25, -0.2) is 17.9 Å². The summed E-state index contributed by atoms with van der Waals surface area (Å²) in [5, 5.41) is 2.22. The zero-order valence-corrected chi connectivity index (χ0v) is 16.9. The number of unbranched alkanes of at least 4 members (excludes halogenated alkanes) is 2. The highest BCUT2D eigenvalue weighted by Crippen LogP contribution is 2.29. The second-order valence-corrected chi connectivity index (χ2v) is 9.42. The molecule has 2 heterocycles. The second kappa shape index (κ2) is 8.95. The van der Waals surface area contributed by atoms with Crippen LogP contribution in [0.3, 0.4) is 0 Å². The number of imide groups is 1. The molecule has 10 heteroatoms. The van der Waals surface area contributed by atoms with Crippen molar-refractivity contribution in [3.63, 3.8) is 0 Å². The minimum atomic E-state index is -3.41. The largest absolute Gasteiger partial charge is 0.479 e. The number of hydrogen-bond donors (Lipinski definition) is 3. The Morgan fingerprint density at radius 2 is 2.07 bits per heavy atom. The first-order valence-electron chi connectivity index (χ1n) is 9.72. The molecule has 1 atom stereocenters. The Morgan fingerprint density at radius 3 is 2.75 bits per heavy atom. The first kappa shape index (κ1) is 20.7. The second-order valence-electron chi connectivity index (χ2n) is 7.55. The summed E-state index contributed by atoms with van der Waals surface area (Å²) in [5.74, 6) is 1.05. The molecule has 2 fully saturated rings. The lowest BCUT2D eigenvalue weighted by atomic mass is 10.2. The van der Waals surface area contributed by atoms with Gasteiger partial charge in [0, 0.05) is 24.8 Å². The van der Waals surface area contributed by atoms with E-state index in [2.05, 4.69) is 15.0 Å². The van der Waals surface area contributed by atoms with Crippen LogP contribution in [0.15, 0.2) is 12.3 Å². The third-order valence-corrected chi connectivity index (χ3v) is 6.45. The number of amides is 3. The van der Waals surface area contributed by atoms with E-state index in [-0.39, 0.29) is 30.3 Å². The van der Waals surface area contributed by atoms with Crippen molar-refractivity contribution in [2.45, 2.75) is 45.1 Å². The fourth-order valence-corrected chi connectivity index (χ4v) is 4.42. The molecule has 3 amide bonds. The number of aromatic amines is 1. The molecule has 2 aliphatic rings.